The summed E-state index contributed by atoms with van der Waals surface area (Å²) in [7, 11) is 0. The van der Waals surface area contributed by atoms with E-state index in [2.05, 4.69) is 13.8 Å². The van der Waals surface area contributed by atoms with E-state index < -0.39 is 12.3 Å². The molecule has 0 amide bonds. The van der Waals surface area contributed by atoms with E-state index in [1.54, 1.807) is 0 Å². The summed E-state index contributed by atoms with van der Waals surface area (Å²) in [6.45, 7) is 6.10. The highest BCUT2D eigenvalue weighted by Crippen LogP contribution is 2.04. The Morgan fingerprint density at radius 1 is 1.00 bits per heavy atom. The van der Waals surface area contributed by atoms with Gasteiger partial charge in [0.15, 0.2) is 0 Å². The van der Waals surface area contributed by atoms with Crippen LogP contribution in [0.4, 0.5) is 8.78 Å². The lowest BCUT2D eigenvalue weighted by molar-refractivity contribution is 0.307. The predicted octanol–water partition coefficient (Wildman–Crippen LogP) is 2.11. The summed E-state index contributed by atoms with van der Waals surface area (Å²) in [4.78, 5) is 0. The predicted molar refractivity (Wildman–Crippen MR) is 29.7 cm³/mol. The third kappa shape index (κ3) is 5.86. The van der Waals surface area contributed by atoms with Crippen molar-refractivity contribution in [1.82, 2.24) is 0 Å². The minimum absolute atomic E-state index is 0.171. The maximum Gasteiger partial charge on any atom is 0.100 e. The van der Waals surface area contributed by atoms with E-state index in [-0.39, 0.29) is 12.8 Å². The summed E-state index contributed by atoms with van der Waals surface area (Å²) in [6.07, 6.45) is -1.94. The summed E-state index contributed by atoms with van der Waals surface area (Å²) >= 11 is 0. The van der Waals surface area contributed by atoms with Crippen LogP contribution in [0.1, 0.15) is 12.8 Å². The van der Waals surface area contributed by atoms with Crippen LogP contribution in [0.25, 0.3) is 0 Å². The van der Waals surface area contributed by atoms with Gasteiger partial charge in [0.05, 0.1) is 0 Å². The highest BCUT2D eigenvalue weighted by molar-refractivity contribution is 4.63. The second kappa shape index (κ2) is 3.81. The van der Waals surface area contributed by atoms with Crippen LogP contribution in [-0.2, 0) is 0 Å². The van der Waals surface area contributed by atoms with Gasteiger partial charge in [-0.1, -0.05) is 0 Å². The van der Waals surface area contributed by atoms with Gasteiger partial charge in [0.2, 0.25) is 0 Å². The molecule has 0 saturated heterocycles. The smallest absolute Gasteiger partial charge is 0.100 e. The molecule has 0 aromatic rings. The lowest BCUT2D eigenvalue weighted by Crippen LogP contribution is -1.99. The maximum atomic E-state index is 11.8. The molecule has 0 aromatic heterocycles. The topological polar surface area (TPSA) is 0 Å². The summed E-state index contributed by atoms with van der Waals surface area (Å²) < 4.78 is 23.5. The van der Waals surface area contributed by atoms with Crippen molar-refractivity contribution in [2.24, 2.45) is 0 Å². The Balaban J connectivity index is 2.93. The first kappa shape index (κ1) is 7.86. The van der Waals surface area contributed by atoms with Gasteiger partial charge in [-0.2, -0.15) is 0 Å². The first-order valence-electron chi connectivity index (χ1n) is 2.57. The molecule has 2 radical (unpaired) electrons. The molecule has 0 bridgehead atoms. The van der Waals surface area contributed by atoms with E-state index >= 15 is 0 Å². The third-order valence-corrected chi connectivity index (χ3v) is 0.793. The monoisotopic (exact) mass is 120 g/mol. The van der Waals surface area contributed by atoms with Crippen molar-refractivity contribution in [3.8, 4) is 0 Å². The van der Waals surface area contributed by atoms with Crippen LogP contribution in [0.5, 0.6) is 0 Å². The molecule has 0 nitrogen and oxygen atoms in total. The molecule has 0 heterocycles. The van der Waals surface area contributed by atoms with Crippen LogP contribution in [0, 0.1) is 13.8 Å². The lowest BCUT2D eigenvalue weighted by Gasteiger charge is -2.00. The molecular formula is C6H10F2. The van der Waals surface area contributed by atoms with Gasteiger partial charge in [0, 0.05) is 0 Å². The van der Waals surface area contributed by atoms with Gasteiger partial charge in [-0.05, 0) is 26.7 Å². The van der Waals surface area contributed by atoms with Gasteiger partial charge in [-0.3, -0.25) is 0 Å². The molecule has 2 unspecified atom stereocenters. The Bertz CT molecular complexity index is 42.5. The summed E-state index contributed by atoms with van der Waals surface area (Å²) in [5, 5.41) is 0. The molecule has 0 aliphatic heterocycles. The molecule has 0 aliphatic carbocycles. The first-order valence-corrected chi connectivity index (χ1v) is 2.57. The quantitative estimate of drug-likeness (QED) is 0.535. The molecule has 0 N–H and O–H groups in total. The summed E-state index contributed by atoms with van der Waals surface area (Å²) in [6, 6.07) is 0. The Kier molecular flexibility index (Phi) is 3.75. The highest BCUT2D eigenvalue weighted by Gasteiger charge is 2.01. The van der Waals surface area contributed by atoms with Gasteiger partial charge < -0.3 is 0 Å². The molecule has 0 rings (SSSR count). The highest BCUT2D eigenvalue weighted by atomic mass is 19.1. The first-order chi connectivity index (χ1) is 3.63. The average Bonchev–Trinajstić information content (AvgIpc) is 1.61. The average molecular weight is 120 g/mol. The van der Waals surface area contributed by atoms with Crippen molar-refractivity contribution in [3.63, 3.8) is 0 Å². The van der Waals surface area contributed by atoms with E-state index in [0.29, 0.717) is 0 Å². The molecule has 0 aliphatic rings. The van der Waals surface area contributed by atoms with Crippen molar-refractivity contribution < 1.29 is 8.78 Å². The Morgan fingerprint density at radius 2 is 1.25 bits per heavy atom. The molecule has 0 saturated carbocycles. The molecule has 8 heavy (non-hydrogen) atoms. The zero-order valence-corrected chi connectivity index (χ0v) is 4.74. The van der Waals surface area contributed by atoms with E-state index in [1.165, 1.54) is 0 Å². The zero-order valence-electron chi connectivity index (χ0n) is 4.74. The van der Waals surface area contributed by atoms with Gasteiger partial charge in [0.25, 0.3) is 0 Å². The number of hydrogen-bond acceptors (Lipinski definition) is 0. The van der Waals surface area contributed by atoms with Crippen LogP contribution in [0.3, 0.4) is 0 Å². The second-order valence-corrected chi connectivity index (χ2v) is 1.77. The van der Waals surface area contributed by atoms with E-state index in [0.717, 1.165) is 0 Å². The van der Waals surface area contributed by atoms with Crippen LogP contribution in [-0.4, -0.2) is 12.3 Å². The van der Waals surface area contributed by atoms with Crippen molar-refractivity contribution >= 4 is 0 Å². The summed E-state index contributed by atoms with van der Waals surface area (Å²) in [5.41, 5.74) is 0. The van der Waals surface area contributed by atoms with Crippen molar-refractivity contribution in [1.29, 1.82) is 0 Å². The molecular weight excluding hydrogens is 110 g/mol. The van der Waals surface area contributed by atoms with Crippen LogP contribution < -0.4 is 0 Å². The Hall–Kier alpha value is -0.140. The fraction of sp³-hybridized carbons (Fsp3) is 0.667. The minimum atomic E-state index is -1.14. The number of hydrogen-bond donors (Lipinski definition) is 0. The standard InChI is InChI=1S/C6H10F2/c1-5(7)3-4-6(2)8/h5-6H,1-4H2. The summed E-state index contributed by atoms with van der Waals surface area (Å²) in [5.74, 6) is 0. The van der Waals surface area contributed by atoms with Gasteiger partial charge in [-0.25, -0.2) is 8.78 Å². The van der Waals surface area contributed by atoms with Gasteiger partial charge in [0.1, 0.15) is 12.3 Å². The largest absolute Gasteiger partial charge is 0.247 e. The van der Waals surface area contributed by atoms with Crippen LogP contribution in [0.15, 0.2) is 0 Å². The molecule has 0 aromatic carbocycles. The maximum absolute atomic E-state index is 11.8. The molecule has 0 fully saturated rings. The lowest BCUT2D eigenvalue weighted by atomic mass is 10.2. The van der Waals surface area contributed by atoms with Crippen molar-refractivity contribution in [2.45, 2.75) is 25.2 Å². The SMILES string of the molecule is [CH2]C(F)CCC([CH2])F. The third-order valence-electron chi connectivity index (χ3n) is 0.793. The van der Waals surface area contributed by atoms with Crippen molar-refractivity contribution in [3.05, 3.63) is 13.8 Å². The minimum Gasteiger partial charge on any atom is -0.247 e. The zero-order chi connectivity index (χ0) is 6.57. The fourth-order valence-electron chi connectivity index (χ4n) is 0.362. The van der Waals surface area contributed by atoms with Crippen LogP contribution in [0.2, 0.25) is 0 Å². The molecule has 2 heteroatoms. The van der Waals surface area contributed by atoms with E-state index in [9.17, 15) is 8.78 Å². The number of halogens is 2. The number of rotatable bonds is 3. The fourth-order valence-corrected chi connectivity index (χ4v) is 0.362. The molecule has 2 atom stereocenters. The molecule has 0 spiro atoms. The van der Waals surface area contributed by atoms with E-state index in [1.807, 2.05) is 0 Å². The molecule has 48 valence electrons. The van der Waals surface area contributed by atoms with Gasteiger partial charge in [-0.15, -0.1) is 0 Å². The van der Waals surface area contributed by atoms with Gasteiger partial charge >= 0.3 is 0 Å². The van der Waals surface area contributed by atoms with E-state index in [4.69, 9.17) is 0 Å². The normalized spacial score (nSPS) is 18.0. The Labute approximate surface area is 48.9 Å². The van der Waals surface area contributed by atoms with Crippen molar-refractivity contribution in [2.75, 3.05) is 0 Å². The van der Waals surface area contributed by atoms with Crippen LogP contribution >= 0.6 is 0 Å². The number of alkyl halides is 2. The second-order valence-electron chi connectivity index (χ2n) is 1.77. The Morgan fingerprint density at radius 3 is 1.38 bits per heavy atom.